The zero-order valence-corrected chi connectivity index (χ0v) is 14.5. The molecular formula is C20H29N3O. The smallest absolute Gasteiger partial charge is 0.224 e. The molecule has 0 aliphatic carbocycles. The van der Waals surface area contributed by atoms with Crippen molar-refractivity contribution in [3.63, 3.8) is 0 Å². The Bertz CT molecular complexity index is 553. The van der Waals surface area contributed by atoms with Gasteiger partial charge in [0.15, 0.2) is 0 Å². The van der Waals surface area contributed by atoms with E-state index in [1.165, 1.54) is 31.5 Å². The monoisotopic (exact) mass is 327 g/mol. The number of carbonyl (C=O) groups excluding carboxylic acids is 1. The lowest BCUT2D eigenvalue weighted by Crippen LogP contribution is -2.54. The molecule has 0 saturated carbocycles. The summed E-state index contributed by atoms with van der Waals surface area (Å²) >= 11 is 0. The van der Waals surface area contributed by atoms with E-state index >= 15 is 0 Å². The van der Waals surface area contributed by atoms with Gasteiger partial charge in [0.05, 0.1) is 5.92 Å². The normalized spacial score (nSPS) is 32.8. The molecule has 4 nitrogen and oxygen atoms in total. The largest absolute Gasteiger partial charge is 0.352 e. The fourth-order valence-electron chi connectivity index (χ4n) is 4.66. The molecule has 24 heavy (non-hydrogen) atoms. The van der Waals surface area contributed by atoms with Crippen LogP contribution in [0.15, 0.2) is 30.3 Å². The average Bonchev–Trinajstić information content (AvgIpc) is 3.09. The van der Waals surface area contributed by atoms with Gasteiger partial charge >= 0.3 is 0 Å². The molecule has 4 fully saturated rings. The summed E-state index contributed by atoms with van der Waals surface area (Å²) in [6.07, 6.45) is 4.63. The van der Waals surface area contributed by atoms with Gasteiger partial charge in [-0.2, -0.15) is 0 Å². The zero-order valence-electron chi connectivity index (χ0n) is 14.5. The van der Waals surface area contributed by atoms with Crippen LogP contribution in [0.2, 0.25) is 0 Å². The molecule has 4 aliphatic heterocycles. The number of rotatable bonds is 5. The molecule has 0 aromatic heterocycles. The van der Waals surface area contributed by atoms with Crippen LogP contribution in [0.25, 0.3) is 0 Å². The quantitative estimate of drug-likeness (QED) is 0.895. The molecule has 1 amide bonds. The van der Waals surface area contributed by atoms with Crippen molar-refractivity contribution in [2.75, 3.05) is 39.3 Å². The number of likely N-dealkylation sites (tertiary alicyclic amines) is 1. The molecule has 1 aromatic rings. The third kappa shape index (κ3) is 3.65. The number of nitrogens with zero attached hydrogens (tertiary/aromatic N) is 2. The summed E-state index contributed by atoms with van der Waals surface area (Å²) in [6, 6.07) is 11.0. The van der Waals surface area contributed by atoms with Crippen LogP contribution < -0.4 is 5.32 Å². The highest BCUT2D eigenvalue weighted by molar-refractivity contribution is 5.79. The van der Waals surface area contributed by atoms with Crippen molar-refractivity contribution in [3.8, 4) is 0 Å². The molecule has 4 aliphatic rings. The number of carbonyl (C=O) groups is 1. The van der Waals surface area contributed by atoms with Crippen LogP contribution >= 0.6 is 0 Å². The molecule has 1 N–H and O–H groups in total. The Morgan fingerprint density at radius 3 is 2.54 bits per heavy atom. The number of nitrogens with one attached hydrogen (secondary N) is 1. The molecular weight excluding hydrogens is 298 g/mol. The lowest BCUT2D eigenvalue weighted by molar-refractivity contribution is -0.131. The summed E-state index contributed by atoms with van der Waals surface area (Å²) < 4.78 is 0. The van der Waals surface area contributed by atoms with Gasteiger partial charge in [0.25, 0.3) is 0 Å². The van der Waals surface area contributed by atoms with Crippen molar-refractivity contribution in [2.24, 2.45) is 11.8 Å². The fourth-order valence-corrected chi connectivity index (χ4v) is 4.66. The Balaban J connectivity index is 1.23. The second-order valence-corrected chi connectivity index (χ2v) is 7.77. The Hall–Kier alpha value is -1.39. The predicted molar refractivity (Wildman–Crippen MR) is 95.8 cm³/mol. The molecule has 1 unspecified atom stereocenters. The third-order valence-corrected chi connectivity index (χ3v) is 6.17. The lowest BCUT2D eigenvalue weighted by Gasteiger charge is -2.44. The standard InChI is InChI=1S/C20H29N3O/c24-20(19-15-23-11-7-17(19)8-12-23)21-18-9-13-22(14-18)10-6-16-4-2-1-3-5-16/h1-5,17-19H,6-15H2,(H,21,24)/t18?,19-/m1/s1. The average molecular weight is 327 g/mol. The lowest BCUT2D eigenvalue weighted by atomic mass is 9.78. The topological polar surface area (TPSA) is 35.6 Å². The Morgan fingerprint density at radius 2 is 1.83 bits per heavy atom. The summed E-state index contributed by atoms with van der Waals surface area (Å²) in [5, 5.41) is 3.35. The number of piperidine rings is 3. The summed E-state index contributed by atoms with van der Waals surface area (Å²) in [5.41, 5.74) is 1.40. The van der Waals surface area contributed by atoms with Gasteiger partial charge in [-0.3, -0.25) is 4.79 Å². The van der Waals surface area contributed by atoms with E-state index < -0.39 is 0 Å². The van der Waals surface area contributed by atoms with E-state index in [1.54, 1.807) is 0 Å². The van der Waals surface area contributed by atoms with E-state index in [1.807, 2.05) is 0 Å². The number of amides is 1. The maximum Gasteiger partial charge on any atom is 0.224 e. The molecule has 2 bridgehead atoms. The molecule has 5 rings (SSSR count). The molecule has 0 radical (unpaired) electrons. The summed E-state index contributed by atoms with van der Waals surface area (Å²) in [5.74, 6) is 1.19. The second-order valence-electron chi connectivity index (χ2n) is 7.77. The van der Waals surface area contributed by atoms with Crippen LogP contribution in [0.4, 0.5) is 0 Å². The highest BCUT2D eigenvalue weighted by atomic mass is 16.2. The summed E-state index contributed by atoms with van der Waals surface area (Å²) in [4.78, 5) is 17.6. The first-order valence-electron chi connectivity index (χ1n) is 9.57. The minimum absolute atomic E-state index is 0.242. The maximum atomic E-state index is 12.7. The Morgan fingerprint density at radius 1 is 1.04 bits per heavy atom. The van der Waals surface area contributed by atoms with Crippen LogP contribution in [-0.2, 0) is 11.2 Å². The molecule has 4 heteroatoms. The van der Waals surface area contributed by atoms with Gasteiger partial charge in [-0.05, 0) is 50.3 Å². The SMILES string of the molecule is O=C(NC1CCN(CCc2ccccc2)C1)[C@@H]1CN2CCC1CC2. The first-order chi connectivity index (χ1) is 11.8. The van der Waals surface area contributed by atoms with Crippen LogP contribution in [-0.4, -0.2) is 61.0 Å². The molecule has 2 atom stereocenters. The number of hydrogen-bond acceptors (Lipinski definition) is 3. The molecule has 4 saturated heterocycles. The molecule has 0 spiro atoms. The summed E-state index contributed by atoms with van der Waals surface area (Å²) in [6.45, 7) is 6.60. The predicted octanol–water partition coefficient (Wildman–Crippen LogP) is 1.76. The van der Waals surface area contributed by atoms with E-state index in [-0.39, 0.29) is 5.92 Å². The van der Waals surface area contributed by atoms with Crippen molar-refractivity contribution >= 4 is 5.91 Å². The van der Waals surface area contributed by atoms with Gasteiger partial charge in [0.2, 0.25) is 5.91 Å². The van der Waals surface area contributed by atoms with Gasteiger partial charge < -0.3 is 15.1 Å². The van der Waals surface area contributed by atoms with Crippen molar-refractivity contribution in [2.45, 2.75) is 31.7 Å². The first kappa shape index (κ1) is 16.1. The van der Waals surface area contributed by atoms with Crippen LogP contribution in [0, 0.1) is 11.8 Å². The van der Waals surface area contributed by atoms with Gasteiger partial charge in [-0.1, -0.05) is 30.3 Å². The third-order valence-electron chi connectivity index (χ3n) is 6.17. The Labute approximate surface area is 145 Å². The van der Waals surface area contributed by atoms with Crippen molar-refractivity contribution < 1.29 is 4.79 Å². The molecule has 4 heterocycles. The fraction of sp³-hybridized carbons (Fsp3) is 0.650. The van der Waals surface area contributed by atoms with E-state index in [4.69, 9.17) is 0 Å². The second kappa shape index (κ2) is 7.24. The summed E-state index contributed by atoms with van der Waals surface area (Å²) in [7, 11) is 0. The highest BCUT2D eigenvalue weighted by Gasteiger charge is 2.39. The zero-order chi connectivity index (χ0) is 16.4. The van der Waals surface area contributed by atoms with Crippen LogP contribution in [0.5, 0.6) is 0 Å². The minimum Gasteiger partial charge on any atom is -0.352 e. The van der Waals surface area contributed by atoms with E-state index in [0.29, 0.717) is 17.9 Å². The highest BCUT2D eigenvalue weighted by Crippen LogP contribution is 2.32. The van der Waals surface area contributed by atoms with Crippen LogP contribution in [0.3, 0.4) is 0 Å². The number of fused-ring (bicyclic) bond motifs is 3. The van der Waals surface area contributed by atoms with E-state index in [0.717, 1.165) is 39.0 Å². The Kier molecular flexibility index (Phi) is 4.86. The number of hydrogen-bond donors (Lipinski definition) is 1. The van der Waals surface area contributed by atoms with Crippen molar-refractivity contribution in [1.29, 1.82) is 0 Å². The maximum absolute atomic E-state index is 12.7. The van der Waals surface area contributed by atoms with Gasteiger partial charge in [-0.25, -0.2) is 0 Å². The van der Waals surface area contributed by atoms with Gasteiger partial charge in [-0.15, -0.1) is 0 Å². The minimum atomic E-state index is 0.242. The van der Waals surface area contributed by atoms with Crippen LogP contribution in [0.1, 0.15) is 24.8 Å². The first-order valence-corrected chi connectivity index (χ1v) is 9.57. The number of benzene rings is 1. The van der Waals surface area contributed by atoms with E-state index in [9.17, 15) is 4.79 Å². The van der Waals surface area contributed by atoms with Gasteiger partial charge in [0, 0.05) is 32.2 Å². The van der Waals surface area contributed by atoms with Crippen molar-refractivity contribution in [3.05, 3.63) is 35.9 Å². The van der Waals surface area contributed by atoms with E-state index in [2.05, 4.69) is 45.4 Å². The van der Waals surface area contributed by atoms with Crippen molar-refractivity contribution in [1.82, 2.24) is 15.1 Å². The molecule has 1 aromatic carbocycles. The van der Waals surface area contributed by atoms with Gasteiger partial charge in [0.1, 0.15) is 0 Å². The molecule has 130 valence electrons.